The maximum atomic E-state index is 13.5. The molecule has 3 rings (SSSR count). The van der Waals surface area contributed by atoms with Gasteiger partial charge in [-0.3, -0.25) is 9.69 Å². The van der Waals surface area contributed by atoms with Crippen molar-refractivity contribution in [1.29, 1.82) is 0 Å². The number of rotatable bonds is 1. The van der Waals surface area contributed by atoms with Crippen LogP contribution in [0.3, 0.4) is 0 Å². The molecule has 1 aromatic carbocycles. The van der Waals surface area contributed by atoms with E-state index in [9.17, 15) is 9.18 Å². The summed E-state index contributed by atoms with van der Waals surface area (Å²) >= 11 is 7.23. The molecule has 17 heavy (non-hydrogen) atoms. The van der Waals surface area contributed by atoms with Gasteiger partial charge < -0.3 is 0 Å². The fraction of sp³-hybridized carbons (Fsp3) is 0.273. The molecule has 1 atom stereocenters. The largest absolute Gasteiger partial charge is 0.287 e. The van der Waals surface area contributed by atoms with Gasteiger partial charge >= 0.3 is 0 Å². The smallest absolute Gasteiger partial charge is 0.230 e. The van der Waals surface area contributed by atoms with Crippen molar-refractivity contribution in [1.82, 2.24) is 4.98 Å². The number of aromatic nitrogens is 1. The van der Waals surface area contributed by atoms with Gasteiger partial charge in [0.05, 0.1) is 10.1 Å². The predicted molar refractivity (Wildman–Crippen MR) is 66.2 cm³/mol. The van der Waals surface area contributed by atoms with Crippen LogP contribution < -0.4 is 4.90 Å². The zero-order valence-corrected chi connectivity index (χ0v) is 10.3. The maximum Gasteiger partial charge on any atom is 0.230 e. The topological polar surface area (TPSA) is 33.2 Å². The molecule has 1 aliphatic heterocycles. The molecule has 1 unspecified atom stereocenters. The number of para-hydroxylation sites is 1. The van der Waals surface area contributed by atoms with Gasteiger partial charge in [0, 0.05) is 13.0 Å². The Bertz CT molecular complexity index is 600. The molecule has 1 amide bonds. The minimum Gasteiger partial charge on any atom is -0.287 e. The summed E-state index contributed by atoms with van der Waals surface area (Å²) in [5, 5.41) is 0.345. The number of anilines is 1. The number of benzene rings is 1. The summed E-state index contributed by atoms with van der Waals surface area (Å²) < 4.78 is 14.2. The van der Waals surface area contributed by atoms with Gasteiger partial charge in [-0.2, -0.15) is 0 Å². The van der Waals surface area contributed by atoms with E-state index in [-0.39, 0.29) is 17.1 Å². The molecule has 0 radical (unpaired) electrons. The summed E-state index contributed by atoms with van der Waals surface area (Å²) in [4.78, 5) is 17.4. The first-order chi connectivity index (χ1) is 8.15. The van der Waals surface area contributed by atoms with Crippen molar-refractivity contribution in [3.63, 3.8) is 0 Å². The van der Waals surface area contributed by atoms with Gasteiger partial charge in [0.1, 0.15) is 11.3 Å². The Morgan fingerprint density at radius 2 is 2.35 bits per heavy atom. The Kier molecular flexibility index (Phi) is 2.52. The molecule has 1 fully saturated rings. The molecule has 0 spiro atoms. The van der Waals surface area contributed by atoms with Crippen LogP contribution in [0.2, 0.25) is 0 Å². The van der Waals surface area contributed by atoms with Gasteiger partial charge in [-0.05, 0) is 12.1 Å². The fourth-order valence-electron chi connectivity index (χ4n) is 1.87. The number of hydrogen-bond acceptors (Lipinski definition) is 3. The van der Waals surface area contributed by atoms with E-state index in [0.29, 0.717) is 23.6 Å². The highest BCUT2D eigenvalue weighted by Gasteiger charge is 2.31. The van der Waals surface area contributed by atoms with Gasteiger partial charge in [-0.15, -0.1) is 11.6 Å². The number of nitrogens with zero attached hydrogens (tertiary/aromatic N) is 2. The second-order valence-corrected chi connectivity index (χ2v) is 5.52. The first kappa shape index (κ1) is 10.9. The summed E-state index contributed by atoms with van der Waals surface area (Å²) in [7, 11) is 0. The quantitative estimate of drug-likeness (QED) is 0.747. The Morgan fingerprint density at radius 3 is 3.00 bits per heavy atom. The number of halogens is 2. The third-order valence-corrected chi connectivity index (χ3v) is 4.00. The molecule has 6 heteroatoms. The number of amides is 1. The van der Waals surface area contributed by atoms with Crippen molar-refractivity contribution in [2.24, 2.45) is 0 Å². The lowest BCUT2D eigenvalue weighted by Gasteiger charge is -2.10. The number of thiazole rings is 1. The third-order valence-electron chi connectivity index (χ3n) is 2.67. The molecule has 1 aliphatic rings. The van der Waals surface area contributed by atoms with Crippen LogP contribution in [0.15, 0.2) is 18.2 Å². The molecular formula is C11H8ClFN2OS. The van der Waals surface area contributed by atoms with Gasteiger partial charge in [0.2, 0.25) is 5.91 Å². The van der Waals surface area contributed by atoms with Crippen LogP contribution in [-0.2, 0) is 4.79 Å². The Balaban J connectivity index is 2.07. The molecule has 0 aliphatic carbocycles. The fourth-order valence-corrected chi connectivity index (χ4v) is 3.14. The SMILES string of the molecule is O=C1CC(Cl)CN1c1nc2c(F)cccc2s1. The second-order valence-electron chi connectivity index (χ2n) is 3.89. The molecule has 0 N–H and O–H groups in total. The Labute approximate surface area is 106 Å². The number of fused-ring (bicyclic) bond motifs is 1. The van der Waals surface area contributed by atoms with Crippen LogP contribution in [0.4, 0.5) is 9.52 Å². The first-order valence-corrected chi connectivity index (χ1v) is 6.40. The van der Waals surface area contributed by atoms with Crippen molar-refractivity contribution in [3.8, 4) is 0 Å². The van der Waals surface area contributed by atoms with Crippen LogP contribution in [0.5, 0.6) is 0 Å². The summed E-state index contributed by atoms with van der Waals surface area (Å²) in [6.07, 6.45) is 0.319. The van der Waals surface area contributed by atoms with E-state index in [1.54, 1.807) is 12.1 Å². The Morgan fingerprint density at radius 1 is 1.53 bits per heavy atom. The van der Waals surface area contributed by atoms with Crippen molar-refractivity contribution in [2.45, 2.75) is 11.8 Å². The number of carbonyl (C=O) groups is 1. The van der Waals surface area contributed by atoms with E-state index in [1.165, 1.54) is 22.3 Å². The van der Waals surface area contributed by atoms with Crippen LogP contribution in [0.1, 0.15) is 6.42 Å². The average molecular weight is 271 g/mol. The predicted octanol–water partition coefficient (Wildman–Crippen LogP) is 2.78. The van der Waals surface area contributed by atoms with Crippen molar-refractivity contribution >= 4 is 44.2 Å². The zero-order valence-electron chi connectivity index (χ0n) is 8.69. The van der Waals surface area contributed by atoms with Gasteiger partial charge in [-0.1, -0.05) is 17.4 Å². The van der Waals surface area contributed by atoms with Crippen LogP contribution in [0.25, 0.3) is 10.2 Å². The van der Waals surface area contributed by atoms with E-state index in [1.807, 2.05) is 0 Å². The molecule has 3 nitrogen and oxygen atoms in total. The minimum atomic E-state index is -0.362. The summed E-state index contributed by atoms with van der Waals surface area (Å²) in [5.41, 5.74) is 0.318. The molecule has 1 aromatic heterocycles. The highest BCUT2D eigenvalue weighted by atomic mass is 35.5. The van der Waals surface area contributed by atoms with Crippen molar-refractivity contribution in [3.05, 3.63) is 24.0 Å². The normalized spacial score (nSPS) is 20.5. The lowest BCUT2D eigenvalue weighted by atomic mass is 10.3. The maximum absolute atomic E-state index is 13.5. The van der Waals surface area contributed by atoms with Crippen LogP contribution >= 0.6 is 22.9 Å². The van der Waals surface area contributed by atoms with Crippen molar-refractivity contribution in [2.75, 3.05) is 11.4 Å². The van der Waals surface area contributed by atoms with E-state index >= 15 is 0 Å². The van der Waals surface area contributed by atoms with E-state index in [4.69, 9.17) is 11.6 Å². The summed E-state index contributed by atoms with van der Waals surface area (Å²) in [6.45, 7) is 0.446. The highest BCUT2D eigenvalue weighted by Crippen LogP contribution is 2.33. The lowest BCUT2D eigenvalue weighted by Crippen LogP contribution is -2.24. The molecule has 2 aromatic rings. The van der Waals surface area contributed by atoms with E-state index < -0.39 is 0 Å². The number of hydrogen-bond donors (Lipinski definition) is 0. The molecule has 88 valence electrons. The molecule has 0 bridgehead atoms. The van der Waals surface area contributed by atoms with Gasteiger partial charge in [-0.25, -0.2) is 9.37 Å². The van der Waals surface area contributed by atoms with Gasteiger partial charge in [0.25, 0.3) is 0 Å². The molecule has 1 saturated heterocycles. The summed E-state index contributed by atoms with van der Waals surface area (Å²) in [6, 6.07) is 4.79. The molecular weight excluding hydrogens is 263 g/mol. The number of carbonyl (C=O) groups excluding carboxylic acids is 1. The molecule has 0 saturated carbocycles. The van der Waals surface area contributed by atoms with E-state index in [0.717, 1.165) is 4.70 Å². The summed E-state index contributed by atoms with van der Waals surface area (Å²) in [5.74, 6) is -0.413. The zero-order chi connectivity index (χ0) is 12.0. The lowest BCUT2D eigenvalue weighted by molar-refractivity contribution is -0.117. The average Bonchev–Trinajstić information content (AvgIpc) is 2.82. The Hall–Kier alpha value is -1.20. The second kappa shape index (κ2) is 3.92. The molecule has 2 heterocycles. The standard InChI is InChI=1S/C11H8ClFN2OS/c12-6-4-9(16)15(5-6)11-14-10-7(13)2-1-3-8(10)17-11/h1-3,6H,4-5H2. The monoisotopic (exact) mass is 270 g/mol. The first-order valence-electron chi connectivity index (χ1n) is 5.14. The van der Waals surface area contributed by atoms with Crippen molar-refractivity contribution < 1.29 is 9.18 Å². The highest BCUT2D eigenvalue weighted by molar-refractivity contribution is 7.22. The van der Waals surface area contributed by atoms with Gasteiger partial charge in [0.15, 0.2) is 5.13 Å². The minimum absolute atomic E-state index is 0.0514. The number of alkyl halides is 1. The van der Waals surface area contributed by atoms with Crippen LogP contribution in [0, 0.1) is 5.82 Å². The van der Waals surface area contributed by atoms with Crippen LogP contribution in [-0.4, -0.2) is 22.8 Å². The van der Waals surface area contributed by atoms with E-state index in [2.05, 4.69) is 4.98 Å². The third kappa shape index (κ3) is 1.79.